The summed E-state index contributed by atoms with van der Waals surface area (Å²) in [6, 6.07) is 9.70. The SMILES string of the molecule is Nc1cnc2cc(Cc3ccc(Cl)cc3)nn2c1. The predicted molar refractivity (Wildman–Crippen MR) is 71.7 cm³/mol. The third-order valence-electron chi connectivity index (χ3n) is 2.68. The van der Waals surface area contributed by atoms with Crippen molar-refractivity contribution in [2.24, 2.45) is 0 Å². The number of nitrogens with zero attached hydrogens (tertiary/aromatic N) is 3. The van der Waals surface area contributed by atoms with E-state index in [0.29, 0.717) is 5.69 Å². The number of fused-ring (bicyclic) bond motifs is 1. The van der Waals surface area contributed by atoms with Crippen molar-refractivity contribution >= 4 is 22.9 Å². The molecule has 0 saturated carbocycles. The standard InChI is InChI=1S/C13H11ClN4/c14-10-3-1-9(2-4-10)5-12-6-13-16-7-11(15)8-18(13)17-12/h1-4,6-8H,5,15H2. The summed E-state index contributed by atoms with van der Waals surface area (Å²) in [6.45, 7) is 0. The van der Waals surface area contributed by atoms with Crippen molar-refractivity contribution in [3.8, 4) is 0 Å². The summed E-state index contributed by atoms with van der Waals surface area (Å²) in [7, 11) is 0. The lowest BCUT2D eigenvalue weighted by Gasteiger charge is -1.97. The molecule has 0 aliphatic carbocycles. The van der Waals surface area contributed by atoms with Gasteiger partial charge in [0.1, 0.15) is 0 Å². The van der Waals surface area contributed by atoms with Crippen LogP contribution in [0.3, 0.4) is 0 Å². The van der Waals surface area contributed by atoms with Crippen molar-refractivity contribution < 1.29 is 0 Å². The van der Waals surface area contributed by atoms with Gasteiger partial charge in [-0.1, -0.05) is 23.7 Å². The van der Waals surface area contributed by atoms with Crippen molar-refractivity contribution in [1.29, 1.82) is 0 Å². The van der Waals surface area contributed by atoms with Gasteiger partial charge < -0.3 is 5.73 Å². The van der Waals surface area contributed by atoms with Crippen LogP contribution in [0.15, 0.2) is 42.7 Å². The van der Waals surface area contributed by atoms with Crippen molar-refractivity contribution in [3.63, 3.8) is 0 Å². The van der Waals surface area contributed by atoms with Crippen molar-refractivity contribution in [2.45, 2.75) is 6.42 Å². The highest BCUT2D eigenvalue weighted by Crippen LogP contribution is 2.14. The molecule has 0 unspecified atom stereocenters. The van der Waals surface area contributed by atoms with Gasteiger partial charge in [-0.2, -0.15) is 5.10 Å². The molecular weight excluding hydrogens is 248 g/mol. The van der Waals surface area contributed by atoms with Crippen LogP contribution in [-0.4, -0.2) is 14.6 Å². The highest BCUT2D eigenvalue weighted by Gasteiger charge is 2.04. The number of hydrogen-bond donors (Lipinski definition) is 1. The lowest BCUT2D eigenvalue weighted by Crippen LogP contribution is -1.94. The molecule has 4 nitrogen and oxygen atoms in total. The summed E-state index contributed by atoms with van der Waals surface area (Å²) in [6.07, 6.45) is 4.14. The monoisotopic (exact) mass is 258 g/mol. The fourth-order valence-electron chi connectivity index (χ4n) is 1.84. The number of halogens is 1. The van der Waals surface area contributed by atoms with Gasteiger partial charge in [-0.05, 0) is 17.7 Å². The van der Waals surface area contributed by atoms with Crippen LogP contribution >= 0.6 is 11.6 Å². The smallest absolute Gasteiger partial charge is 0.155 e. The maximum absolute atomic E-state index is 5.85. The Balaban J connectivity index is 1.92. The average molecular weight is 259 g/mol. The van der Waals surface area contributed by atoms with Crippen LogP contribution in [0.2, 0.25) is 5.02 Å². The van der Waals surface area contributed by atoms with Gasteiger partial charge in [0.25, 0.3) is 0 Å². The molecule has 2 N–H and O–H groups in total. The van der Waals surface area contributed by atoms with Gasteiger partial charge in [0.05, 0.1) is 23.8 Å². The fourth-order valence-corrected chi connectivity index (χ4v) is 1.96. The first-order valence-electron chi connectivity index (χ1n) is 5.55. The maximum atomic E-state index is 5.85. The Hall–Kier alpha value is -2.07. The molecule has 5 heteroatoms. The van der Waals surface area contributed by atoms with E-state index < -0.39 is 0 Å². The number of anilines is 1. The Bertz CT molecular complexity index is 688. The minimum Gasteiger partial charge on any atom is -0.396 e. The van der Waals surface area contributed by atoms with E-state index in [2.05, 4.69) is 10.1 Å². The molecule has 2 aromatic heterocycles. The molecule has 0 bridgehead atoms. The molecule has 0 amide bonds. The van der Waals surface area contributed by atoms with Crippen LogP contribution in [0, 0.1) is 0 Å². The number of hydrogen-bond acceptors (Lipinski definition) is 3. The summed E-state index contributed by atoms with van der Waals surface area (Å²) in [5.74, 6) is 0. The van der Waals surface area contributed by atoms with Crippen molar-refractivity contribution in [2.75, 3.05) is 5.73 Å². The van der Waals surface area contributed by atoms with E-state index in [-0.39, 0.29) is 0 Å². The van der Waals surface area contributed by atoms with Gasteiger partial charge in [-0.25, -0.2) is 9.50 Å². The highest BCUT2D eigenvalue weighted by molar-refractivity contribution is 6.30. The Morgan fingerprint density at radius 3 is 2.78 bits per heavy atom. The Labute approximate surface area is 109 Å². The van der Waals surface area contributed by atoms with Gasteiger partial charge >= 0.3 is 0 Å². The molecule has 0 aliphatic rings. The molecule has 0 radical (unpaired) electrons. The van der Waals surface area contributed by atoms with E-state index >= 15 is 0 Å². The summed E-state index contributed by atoms with van der Waals surface area (Å²) >= 11 is 5.85. The van der Waals surface area contributed by atoms with E-state index in [1.165, 1.54) is 0 Å². The quantitative estimate of drug-likeness (QED) is 0.769. The fraction of sp³-hybridized carbons (Fsp3) is 0.0769. The molecule has 0 aliphatic heterocycles. The molecule has 3 aromatic rings. The molecule has 0 atom stereocenters. The molecule has 90 valence electrons. The second-order valence-corrected chi connectivity index (χ2v) is 4.57. The summed E-state index contributed by atoms with van der Waals surface area (Å²) in [5.41, 5.74) is 9.18. The van der Waals surface area contributed by atoms with Gasteiger partial charge in [0.2, 0.25) is 0 Å². The number of rotatable bonds is 2. The van der Waals surface area contributed by atoms with Crippen molar-refractivity contribution in [3.05, 3.63) is 59.0 Å². The zero-order valence-corrected chi connectivity index (χ0v) is 10.3. The molecule has 0 fully saturated rings. The number of nitrogen functional groups attached to an aromatic ring is 1. The van der Waals surface area contributed by atoms with Crippen molar-refractivity contribution in [1.82, 2.24) is 14.6 Å². The molecule has 0 saturated heterocycles. The van der Waals surface area contributed by atoms with E-state index in [1.54, 1.807) is 16.9 Å². The molecular formula is C13H11ClN4. The third kappa shape index (κ3) is 2.15. The van der Waals surface area contributed by atoms with Crippen LogP contribution in [0.5, 0.6) is 0 Å². The van der Waals surface area contributed by atoms with E-state index in [4.69, 9.17) is 17.3 Å². The first kappa shape index (κ1) is 11.0. The van der Waals surface area contributed by atoms with Gasteiger partial charge in [-0.3, -0.25) is 0 Å². The number of aromatic nitrogens is 3. The van der Waals surface area contributed by atoms with E-state index in [0.717, 1.165) is 28.3 Å². The Morgan fingerprint density at radius 1 is 1.22 bits per heavy atom. The average Bonchev–Trinajstić information content (AvgIpc) is 2.73. The van der Waals surface area contributed by atoms with E-state index in [9.17, 15) is 0 Å². The minimum absolute atomic E-state index is 0.601. The normalized spacial score (nSPS) is 10.9. The zero-order chi connectivity index (χ0) is 12.5. The van der Waals surface area contributed by atoms with Crippen LogP contribution in [0.1, 0.15) is 11.3 Å². The predicted octanol–water partition coefficient (Wildman–Crippen LogP) is 2.56. The third-order valence-corrected chi connectivity index (χ3v) is 2.93. The molecule has 1 aromatic carbocycles. The molecule has 2 heterocycles. The molecule has 0 spiro atoms. The summed E-state index contributed by atoms with van der Waals surface area (Å²) in [4.78, 5) is 4.21. The zero-order valence-electron chi connectivity index (χ0n) is 9.55. The minimum atomic E-state index is 0.601. The Morgan fingerprint density at radius 2 is 2.00 bits per heavy atom. The van der Waals surface area contributed by atoms with Crippen LogP contribution in [0.4, 0.5) is 5.69 Å². The lowest BCUT2D eigenvalue weighted by molar-refractivity contribution is 0.898. The van der Waals surface area contributed by atoms with E-state index in [1.807, 2.05) is 30.3 Å². The van der Waals surface area contributed by atoms with Crippen LogP contribution in [0.25, 0.3) is 5.65 Å². The lowest BCUT2D eigenvalue weighted by atomic mass is 10.1. The van der Waals surface area contributed by atoms with Gasteiger partial charge in [0, 0.05) is 17.5 Å². The highest BCUT2D eigenvalue weighted by atomic mass is 35.5. The number of benzene rings is 1. The second-order valence-electron chi connectivity index (χ2n) is 4.13. The largest absolute Gasteiger partial charge is 0.396 e. The second kappa shape index (κ2) is 4.31. The first-order valence-corrected chi connectivity index (χ1v) is 5.93. The topological polar surface area (TPSA) is 56.2 Å². The Kier molecular flexibility index (Phi) is 2.64. The number of nitrogens with two attached hydrogens (primary N) is 1. The maximum Gasteiger partial charge on any atom is 0.155 e. The summed E-state index contributed by atoms with van der Waals surface area (Å²) < 4.78 is 1.70. The van der Waals surface area contributed by atoms with Gasteiger partial charge in [-0.15, -0.1) is 0 Å². The van der Waals surface area contributed by atoms with Crippen LogP contribution < -0.4 is 5.73 Å². The van der Waals surface area contributed by atoms with Gasteiger partial charge in [0.15, 0.2) is 5.65 Å². The van der Waals surface area contributed by atoms with Crippen LogP contribution in [-0.2, 0) is 6.42 Å². The summed E-state index contributed by atoms with van der Waals surface area (Å²) in [5, 5.41) is 5.17. The molecule has 18 heavy (non-hydrogen) atoms. The first-order chi connectivity index (χ1) is 8.70. The molecule has 3 rings (SSSR count).